The zero-order valence-electron chi connectivity index (χ0n) is 14.4. The first-order chi connectivity index (χ1) is 13.2. The van der Waals surface area contributed by atoms with E-state index in [1.165, 1.54) is 0 Å². The topological polar surface area (TPSA) is 38.1 Å². The third-order valence-corrected chi connectivity index (χ3v) is 7.47. The largest absolute Gasteiger partial charge is 0.288 e. The van der Waals surface area contributed by atoms with Gasteiger partial charge in [-0.25, -0.2) is 9.88 Å². The van der Waals surface area contributed by atoms with E-state index >= 15 is 0 Å². The van der Waals surface area contributed by atoms with Gasteiger partial charge in [0.25, 0.3) is 5.91 Å². The van der Waals surface area contributed by atoms with Crippen LogP contribution in [0.1, 0.15) is 12.5 Å². The van der Waals surface area contributed by atoms with Gasteiger partial charge in [-0.15, -0.1) is 0 Å². The van der Waals surface area contributed by atoms with E-state index < -0.39 is 5.54 Å². The van der Waals surface area contributed by atoms with Crippen molar-refractivity contribution in [2.45, 2.75) is 18.9 Å². The summed E-state index contributed by atoms with van der Waals surface area (Å²) in [4.78, 5) is 19.8. The summed E-state index contributed by atoms with van der Waals surface area (Å²) < 4.78 is 4.21. The number of aromatic nitrogens is 2. The van der Waals surface area contributed by atoms with Gasteiger partial charge >= 0.3 is 0 Å². The van der Waals surface area contributed by atoms with Crippen LogP contribution in [0.5, 0.6) is 0 Å². The van der Waals surface area contributed by atoms with Crippen LogP contribution in [0.4, 0.5) is 11.6 Å². The van der Waals surface area contributed by atoms with Crippen LogP contribution in [0, 0.1) is 0 Å². The van der Waals surface area contributed by atoms with E-state index in [1.54, 1.807) is 23.1 Å². The maximum absolute atomic E-state index is 13.6. The molecule has 28 heavy (non-hydrogen) atoms. The number of imidazole rings is 1. The normalized spacial score (nSPS) is 18.6. The van der Waals surface area contributed by atoms with Crippen molar-refractivity contribution in [1.82, 2.24) is 9.55 Å². The maximum atomic E-state index is 13.6. The van der Waals surface area contributed by atoms with Gasteiger partial charge in [0.15, 0.2) is 0 Å². The van der Waals surface area contributed by atoms with Crippen LogP contribution >= 0.6 is 71.0 Å². The number of rotatable bonds is 3. The number of carbonyl (C=O) groups is 1. The Morgan fingerprint density at radius 1 is 1.04 bits per heavy atom. The molecule has 0 bridgehead atoms. The summed E-state index contributed by atoms with van der Waals surface area (Å²) in [7, 11) is 0. The molecule has 3 aromatic rings. The number of carbonyl (C=O) groups excluding carboxylic acids is 1. The Morgan fingerprint density at radius 3 is 2.25 bits per heavy atom. The number of benzene rings is 2. The van der Waals surface area contributed by atoms with Crippen molar-refractivity contribution in [3.8, 4) is 0 Å². The number of hydrogen-bond donors (Lipinski definition) is 0. The molecule has 1 aromatic heterocycles. The highest BCUT2D eigenvalue weighted by molar-refractivity contribution is 9.13. The number of fused-ring (bicyclic) bond motifs is 1. The van der Waals surface area contributed by atoms with Crippen LogP contribution in [0.3, 0.4) is 0 Å². The second-order valence-corrected chi connectivity index (χ2v) is 9.96. The third kappa shape index (κ3) is 3.35. The van der Waals surface area contributed by atoms with E-state index in [4.69, 9.17) is 23.2 Å². The molecule has 0 saturated heterocycles. The fourth-order valence-electron chi connectivity index (χ4n) is 3.43. The van der Waals surface area contributed by atoms with Crippen molar-refractivity contribution in [1.29, 1.82) is 0 Å². The van der Waals surface area contributed by atoms with E-state index in [2.05, 4.69) is 52.8 Å². The average Bonchev–Trinajstić information content (AvgIpc) is 3.01. The fourth-order valence-corrected chi connectivity index (χ4v) is 5.19. The molecule has 144 valence electrons. The lowest BCUT2D eigenvalue weighted by Crippen LogP contribution is -2.41. The molecule has 4 nitrogen and oxygen atoms in total. The first-order valence-corrected chi connectivity index (χ1v) is 11.3. The standard InChI is InChI=1S/C19H12Br3Cl2N3O/c1-19(9-10-2-4-11(20)5-3-10)17(28)26(14-7-12(23)6-13(24)8-14)18-25-15(21)16(22)27(18)19/h2-8H,9H2,1H3. The minimum atomic E-state index is -0.879. The van der Waals surface area contributed by atoms with Gasteiger partial charge in [-0.2, -0.15) is 0 Å². The van der Waals surface area contributed by atoms with Gasteiger partial charge < -0.3 is 0 Å². The summed E-state index contributed by atoms with van der Waals surface area (Å²) in [5.74, 6) is 0.395. The summed E-state index contributed by atoms with van der Waals surface area (Å²) in [6.45, 7) is 1.91. The molecule has 1 unspecified atom stereocenters. The van der Waals surface area contributed by atoms with E-state index in [9.17, 15) is 4.79 Å². The van der Waals surface area contributed by atoms with Crippen molar-refractivity contribution in [3.05, 3.63) is 71.8 Å². The molecule has 1 atom stereocenters. The molecule has 0 spiro atoms. The Labute approximate surface area is 197 Å². The highest BCUT2D eigenvalue weighted by Gasteiger charge is 2.50. The predicted molar refractivity (Wildman–Crippen MR) is 123 cm³/mol. The molecule has 0 radical (unpaired) electrons. The zero-order chi connectivity index (χ0) is 20.2. The fraction of sp³-hybridized carbons (Fsp3) is 0.158. The van der Waals surface area contributed by atoms with Crippen LogP contribution in [0.2, 0.25) is 10.0 Å². The first kappa shape index (κ1) is 20.4. The molecule has 0 aliphatic carbocycles. The summed E-state index contributed by atoms with van der Waals surface area (Å²) >= 11 is 22.8. The van der Waals surface area contributed by atoms with Crippen LogP contribution in [0.15, 0.2) is 56.1 Å². The predicted octanol–water partition coefficient (Wildman–Crippen LogP) is 7.11. The lowest BCUT2D eigenvalue weighted by Gasteiger charge is -2.26. The smallest absolute Gasteiger partial charge is 0.260 e. The van der Waals surface area contributed by atoms with Gasteiger partial charge in [-0.1, -0.05) is 51.3 Å². The second-order valence-electron chi connectivity index (χ2n) is 6.67. The molecule has 2 aromatic carbocycles. The van der Waals surface area contributed by atoms with Gasteiger partial charge in [0.1, 0.15) is 14.7 Å². The van der Waals surface area contributed by atoms with Crippen LogP contribution < -0.4 is 4.90 Å². The van der Waals surface area contributed by atoms with Gasteiger partial charge in [0.2, 0.25) is 5.95 Å². The molecular formula is C19H12Br3Cl2N3O. The molecule has 1 aliphatic heterocycles. The van der Waals surface area contributed by atoms with E-state index in [0.29, 0.717) is 37.3 Å². The minimum absolute atomic E-state index is 0.107. The number of nitrogens with zero attached hydrogens (tertiary/aromatic N) is 3. The molecule has 2 heterocycles. The minimum Gasteiger partial charge on any atom is -0.288 e. The van der Waals surface area contributed by atoms with Gasteiger partial charge in [0.05, 0.1) is 5.69 Å². The number of amides is 1. The third-order valence-electron chi connectivity index (χ3n) is 4.69. The van der Waals surface area contributed by atoms with Crippen molar-refractivity contribution in [2.24, 2.45) is 0 Å². The molecular weight excluding hydrogens is 597 g/mol. The van der Waals surface area contributed by atoms with Crippen molar-refractivity contribution < 1.29 is 4.79 Å². The quantitative estimate of drug-likeness (QED) is 0.318. The number of halogens is 5. The van der Waals surface area contributed by atoms with Crippen molar-refractivity contribution in [2.75, 3.05) is 4.90 Å². The zero-order valence-corrected chi connectivity index (χ0v) is 20.7. The molecule has 0 fully saturated rings. The molecule has 0 saturated carbocycles. The monoisotopic (exact) mass is 605 g/mol. The Bertz CT molecular complexity index is 1080. The Morgan fingerprint density at radius 2 is 1.64 bits per heavy atom. The first-order valence-electron chi connectivity index (χ1n) is 8.20. The van der Waals surface area contributed by atoms with Crippen LogP contribution in [-0.2, 0) is 16.8 Å². The molecule has 9 heteroatoms. The van der Waals surface area contributed by atoms with E-state index in [1.807, 2.05) is 35.8 Å². The second kappa shape index (κ2) is 7.43. The summed E-state index contributed by atoms with van der Waals surface area (Å²) in [6, 6.07) is 13.0. The lowest BCUT2D eigenvalue weighted by atomic mass is 9.92. The summed E-state index contributed by atoms with van der Waals surface area (Å²) in [5.41, 5.74) is 0.733. The van der Waals surface area contributed by atoms with E-state index in [-0.39, 0.29) is 5.91 Å². The van der Waals surface area contributed by atoms with Gasteiger partial charge in [0, 0.05) is 20.9 Å². The SMILES string of the molecule is CC1(Cc2ccc(Br)cc2)C(=O)N(c2cc(Cl)cc(Cl)c2)c2nc(Br)c(Br)n21. The molecule has 1 aliphatic rings. The molecule has 1 amide bonds. The Kier molecular flexibility index (Phi) is 5.42. The lowest BCUT2D eigenvalue weighted by molar-refractivity contribution is -0.124. The summed E-state index contributed by atoms with van der Waals surface area (Å²) in [5, 5.41) is 0.904. The number of hydrogen-bond acceptors (Lipinski definition) is 2. The van der Waals surface area contributed by atoms with Crippen molar-refractivity contribution >= 4 is 88.5 Å². The van der Waals surface area contributed by atoms with Crippen LogP contribution in [-0.4, -0.2) is 15.5 Å². The van der Waals surface area contributed by atoms with Gasteiger partial charge in [-0.3, -0.25) is 9.36 Å². The Balaban J connectivity index is 1.87. The molecule has 0 N–H and O–H groups in total. The van der Waals surface area contributed by atoms with E-state index in [0.717, 1.165) is 10.0 Å². The van der Waals surface area contributed by atoms with Gasteiger partial charge in [-0.05, 0) is 74.7 Å². The molecule has 4 rings (SSSR count). The average molecular weight is 609 g/mol. The Hall–Kier alpha value is -0.860. The highest BCUT2D eigenvalue weighted by Crippen LogP contribution is 2.46. The van der Waals surface area contributed by atoms with Crippen molar-refractivity contribution in [3.63, 3.8) is 0 Å². The number of anilines is 2. The maximum Gasteiger partial charge on any atom is 0.260 e. The summed E-state index contributed by atoms with van der Waals surface area (Å²) in [6.07, 6.45) is 0.498. The highest BCUT2D eigenvalue weighted by atomic mass is 79.9. The van der Waals surface area contributed by atoms with Crippen LogP contribution in [0.25, 0.3) is 0 Å².